The third-order valence-electron chi connectivity index (χ3n) is 3.75. The van der Waals surface area contributed by atoms with Crippen LogP contribution < -0.4 is 9.64 Å². The Morgan fingerprint density at radius 3 is 3.00 bits per heavy atom. The van der Waals surface area contributed by atoms with Crippen molar-refractivity contribution >= 4 is 32.5 Å². The van der Waals surface area contributed by atoms with Crippen molar-refractivity contribution in [3.05, 3.63) is 30.5 Å². The molecule has 2 atom stereocenters. The maximum Gasteiger partial charge on any atom is 0.136 e. The lowest BCUT2D eigenvalue weighted by atomic mass is 10.1. The quantitative estimate of drug-likeness (QED) is 0.796. The zero-order chi connectivity index (χ0) is 14.8. The molecule has 0 N–H and O–H groups in total. The summed E-state index contributed by atoms with van der Waals surface area (Å²) < 4.78 is 11.2. The van der Waals surface area contributed by atoms with Gasteiger partial charge in [-0.2, -0.15) is 0 Å². The largest absolute Gasteiger partial charge is 0.497 e. The van der Waals surface area contributed by atoms with E-state index in [-0.39, 0.29) is 12.2 Å². The highest BCUT2D eigenvalue weighted by molar-refractivity contribution is 9.09. The number of alkyl halides is 1. The number of hydrogen-bond donors (Lipinski definition) is 0. The number of pyridine rings is 1. The molecule has 0 aliphatic carbocycles. The minimum atomic E-state index is 0.198. The van der Waals surface area contributed by atoms with Crippen LogP contribution in [0, 0.1) is 0 Å². The second kappa shape index (κ2) is 6.20. The van der Waals surface area contributed by atoms with Gasteiger partial charge >= 0.3 is 0 Å². The van der Waals surface area contributed by atoms with E-state index in [1.54, 1.807) is 7.11 Å². The molecule has 1 fully saturated rings. The monoisotopic (exact) mass is 350 g/mol. The van der Waals surface area contributed by atoms with E-state index in [0.29, 0.717) is 0 Å². The Labute approximate surface area is 133 Å². The molecule has 0 radical (unpaired) electrons. The number of methoxy groups -OCH3 is 1. The highest BCUT2D eigenvalue weighted by Gasteiger charge is 2.26. The molecule has 3 rings (SSSR count). The summed E-state index contributed by atoms with van der Waals surface area (Å²) in [6, 6.07) is 8.14. The predicted octanol–water partition coefficient (Wildman–Crippen LogP) is 3.23. The van der Waals surface area contributed by atoms with Crippen molar-refractivity contribution in [2.45, 2.75) is 19.1 Å². The molecule has 21 heavy (non-hydrogen) atoms. The predicted molar refractivity (Wildman–Crippen MR) is 88.6 cm³/mol. The van der Waals surface area contributed by atoms with Crippen LogP contribution in [0.2, 0.25) is 0 Å². The molecule has 2 unspecified atom stereocenters. The Bertz CT molecular complexity index is 635. The summed E-state index contributed by atoms with van der Waals surface area (Å²) >= 11 is 3.52. The number of hydrogen-bond acceptors (Lipinski definition) is 4. The standard InChI is InChI=1S/C16H19BrN2O2/c1-11-9-19(10-14(8-17)21-11)16-15-4-3-13(20-2)7-12(15)5-6-18-16/h3-7,11,14H,8-10H2,1-2H3. The Hall–Kier alpha value is -1.33. The average molecular weight is 351 g/mol. The molecular weight excluding hydrogens is 332 g/mol. The van der Waals surface area contributed by atoms with Gasteiger partial charge in [0.1, 0.15) is 11.6 Å². The molecule has 4 nitrogen and oxygen atoms in total. The molecule has 0 amide bonds. The molecule has 1 aliphatic heterocycles. The number of morpholine rings is 1. The first kappa shape index (κ1) is 14.6. The Balaban J connectivity index is 1.99. The third kappa shape index (κ3) is 2.99. The maximum atomic E-state index is 5.90. The molecule has 112 valence electrons. The molecule has 1 aliphatic rings. The fourth-order valence-corrected chi connectivity index (χ4v) is 3.18. The van der Waals surface area contributed by atoms with E-state index in [9.17, 15) is 0 Å². The Morgan fingerprint density at radius 1 is 1.38 bits per heavy atom. The van der Waals surface area contributed by atoms with Crippen molar-refractivity contribution in [3.63, 3.8) is 0 Å². The second-order valence-electron chi connectivity index (χ2n) is 5.35. The molecule has 0 saturated carbocycles. The first-order chi connectivity index (χ1) is 10.2. The summed E-state index contributed by atoms with van der Waals surface area (Å²) in [5.74, 6) is 1.89. The zero-order valence-electron chi connectivity index (χ0n) is 12.3. The Kier molecular flexibility index (Phi) is 4.31. The number of aromatic nitrogens is 1. The molecule has 2 aromatic rings. The van der Waals surface area contributed by atoms with Crippen LogP contribution in [0.4, 0.5) is 5.82 Å². The van der Waals surface area contributed by atoms with E-state index in [1.807, 2.05) is 24.4 Å². The van der Waals surface area contributed by atoms with Crippen LogP contribution >= 0.6 is 15.9 Å². The average Bonchev–Trinajstić information content (AvgIpc) is 2.53. The van der Waals surface area contributed by atoms with Gasteiger partial charge < -0.3 is 14.4 Å². The number of ether oxygens (including phenoxy) is 2. The van der Waals surface area contributed by atoms with E-state index in [4.69, 9.17) is 9.47 Å². The molecule has 1 saturated heterocycles. The van der Waals surface area contributed by atoms with Crippen molar-refractivity contribution in [1.82, 2.24) is 4.98 Å². The molecule has 1 aromatic heterocycles. The maximum absolute atomic E-state index is 5.90. The molecule has 5 heteroatoms. The van der Waals surface area contributed by atoms with Gasteiger partial charge in [0.2, 0.25) is 0 Å². The summed E-state index contributed by atoms with van der Waals surface area (Å²) in [5, 5.41) is 3.14. The molecular formula is C16H19BrN2O2. The molecule has 2 heterocycles. The SMILES string of the molecule is COc1ccc2c(N3CC(C)OC(CBr)C3)nccc2c1. The van der Waals surface area contributed by atoms with Gasteiger partial charge in [-0.15, -0.1) is 0 Å². The third-order valence-corrected chi connectivity index (χ3v) is 4.47. The van der Waals surface area contributed by atoms with Crippen LogP contribution in [0.25, 0.3) is 10.8 Å². The van der Waals surface area contributed by atoms with Crippen molar-refractivity contribution < 1.29 is 9.47 Å². The lowest BCUT2D eigenvalue weighted by Gasteiger charge is -2.37. The van der Waals surface area contributed by atoms with E-state index >= 15 is 0 Å². The van der Waals surface area contributed by atoms with Gasteiger partial charge in [0.05, 0.1) is 19.3 Å². The van der Waals surface area contributed by atoms with Crippen LogP contribution in [-0.2, 0) is 4.74 Å². The van der Waals surface area contributed by atoms with E-state index < -0.39 is 0 Å². The van der Waals surface area contributed by atoms with Crippen molar-refractivity contribution in [1.29, 1.82) is 0 Å². The highest BCUT2D eigenvalue weighted by Crippen LogP contribution is 2.29. The van der Waals surface area contributed by atoms with Gasteiger partial charge in [0, 0.05) is 30.0 Å². The normalized spacial score (nSPS) is 22.5. The number of rotatable bonds is 3. The second-order valence-corrected chi connectivity index (χ2v) is 6.00. The van der Waals surface area contributed by atoms with Gasteiger partial charge in [-0.25, -0.2) is 4.98 Å². The van der Waals surface area contributed by atoms with Crippen LogP contribution in [0.1, 0.15) is 6.92 Å². The van der Waals surface area contributed by atoms with E-state index in [2.05, 4.69) is 38.8 Å². The minimum absolute atomic E-state index is 0.198. The summed E-state index contributed by atoms with van der Waals surface area (Å²) in [6.45, 7) is 3.82. The van der Waals surface area contributed by atoms with E-state index in [1.165, 1.54) is 0 Å². The van der Waals surface area contributed by atoms with Crippen molar-refractivity contribution in [3.8, 4) is 5.75 Å². The van der Waals surface area contributed by atoms with Crippen LogP contribution in [0.5, 0.6) is 5.75 Å². The molecule has 0 bridgehead atoms. The van der Waals surface area contributed by atoms with Crippen LogP contribution in [-0.4, -0.2) is 42.7 Å². The van der Waals surface area contributed by atoms with Crippen molar-refractivity contribution in [2.24, 2.45) is 0 Å². The number of benzene rings is 1. The summed E-state index contributed by atoms with van der Waals surface area (Å²) in [6.07, 6.45) is 2.26. The molecule has 0 spiro atoms. The lowest BCUT2D eigenvalue weighted by molar-refractivity contribution is -0.00213. The summed E-state index contributed by atoms with van der Waals surface area (Å²) in [7, 11) is 1.69. The van der Waals surface area contributed by atoms with E-state index in [0.717, 1.165) is 40.8 Å². The van der Waals surface area contributed by atoms with Crippen LogP contribution in [0.15, 0.2) is 30.5 Å². The number of halogens is 1. The number of nitrogens with zero attached hydrogens (tertiary/aromatic N) is 2. The van der Waals surface area contributed by atoms with Gasteiger partial charge in [-0.3, -0.25) is 0 Å². The minimum Gasteiger partial charge on any atom is -0.497 e. The van der Waals surface area contributed by atoms with Gasteiger partial charge in [0.15, 0.2) is 0 Å². The zero-order valence-corrected chi connectivity index (χ0v) is 13.8. The fraction of sp³-hybridized carbons (Fsp3) is 0.438. The first-order valence-corrected chi connectivity index (χ1v) is 8.22. The van der Waals surface area contributed by atoms with Gasteiger partial charge in [-0.1, -0.05) is 15.9 Å². The summed E-state index contributed by atoms with van der Waals surface area (Å²) in [5.41, 5.74) is 0. The number of fused-ring (bicyclic) bond motifs is 1. The Morgan fingerprint density at radius 2 is 2.24 bits per heavy atom. The smallest absolute Gasteiger partial charge is 0.136 e. The number of anilines is 1. The highest BCUT2D eigenvalue weighted by atomic mass is 79.9. The topological polar surface area (TPSA) is 34.6 Å². The lowest BCUT2D eigenvalue weighted by Crippen LogP contribution is -2.47. The van der Waals surface area contributed by atoms with Crippen molar-refractivity contribution in [2.75, 3.05) is 30.4 Å². The summed E-state index contributed by atoms with van der Waals surface area (Å²) in [4.78, 5) is 6.92. The molecule has 1 aromatic carbocycles. The van der Waals surface area contributed by atoms with Gasteiger partial charge in [0.25, 0.3) is 0 Å². The first-order valence-electron chi connectivity index (χ1n) is 7.10. The van der Waals surface area contributed by atoms with Gasteiger partial charge in [-0.05, 0) is 36.6 Å². The fourth-order valence-electron chi connectivity index (χ4n) is 2.82. The van der Waals surface area contributed by atoms with Crippen LogP contribution in [0.3, 0.4) is 0 Å².